The quantitative estimate of drug-likeness (QED) is 0.547. The minimum Gasteiger partial charge on any atom is -0.293 e. The van der Waals surface area contributed by atoms with Gasteiger partial charge in [0.15, 0.2) is 0 Å². The Morgan fingerprint density at radius 2 is 1.83 bits per heavy atom. The lowest BCUT2D eigenvalue weighted by atomic mass is 9.92. The summed E-state index contributed by atoms with van der Waals surface area (Å²) in [6, 6.07) is 13.2. The summed E-state index contributed by atoms with van der Waals surface area (Å²) in [4.78, 5) is 23.9. The van der Waals surface area contributed by atoms with Crippen LogP contribution in [0.3, 0.4) is 0 Å². The second-order valence-electron chi connectivity index (χ2n) is 8.21. The first-order valence-corrected chi connectivity index (χ1v) is 9.63. The van der Waals surface area contributed by atoms with Gasteiger partial charge in [0.1, 0.15) is 5.65 Å². The first kappa shape index (κ1) is 18.9. The Bertz CT molecular complexity index is 1160. The first-order chi connectivity index (χ1) is 13.9. The molecule has 0 spiro atoms. The van der Waals surface area contributed by atoms with E-state index in [1.807, 2.05) is 35.2 Å². The lowest BCUT2D eigenvalue weighted by Crippen LogP contribution is -2.23. The molecule has 3 aromatic heterocycles. The number of para-hydroxylation sites is 1. The fraction of sp³-hybridized carbons (Fsp3) is 0.273. The number of hydrogen-bond acceptors (Lipinski definition) is 5. The summed E-state index contributed by atoms with van der Waals surface area (Å²) in [5.74, 6) is 0.486. The third-order valence-electron chi connectivity index (χ3n) is 4.75. The molecule has 4 aromatic rings. The fourth-order valence-electron chi connectivity index (χ4n) is 3.16. The minimum absolute atomic E-state index is 0.0547. The van der Waals surface area contributed by atoms with E-state index < -0.39 is 0 Å². The molecule has 0 atom stereocenters. The number of aryl methyl sites for hydroxylation is 1. The van der Waals surface area contributed by atoms with E-state index in [-0.39, 0.29) is 11.0 Å². The molecule has 0 amide bonds. The SMILES string of the molecule is CC(C)(C)CCn1c(=O)ccc2cnc(N(c3ccccc3)c3cn[nH]c3)nc21. The van der Waals surface area contributed by atoms with Crippen LogP contribution in [0.4, 0.5) is 17.3 Å². The molecule has 148 valence electrons. The number of benzene rings is 1. The highest BCUT2D eigenvalue weighted by Gasteiger charge is 2.18. The van der Waals surface area contributed by atoms with Crippen molar-refractivity contribution < 1.29 is 0 Å². The van der Waals surface area contributed by atoms with Crippen molar-refractivity contribution in [3.8, 4) is 0 Å². The van der Waals surface area contributed by atoms with Crippen LogP contribution < -0.4 is 10.5 Å². The molecule has 7 heteroatoms. The summed E-state index contributed by atoms with van der Waals surface area (Å²) in [7, 11) is 0. The Balaban J connectivity index is 1.86. The topological polar surface area (TPSA) is 79.7 Å². The highest BCUT2D eigenvalue weighted by atomic mass is 16.1. The van der Waals surface area contributed by atoms with Crippen LogP contribution in [0.15, 0.2) is 65.8 Å². The number of nitrogens with zero attached hydrogens (tertiary/aromatic N) is 5. The largest absolute Gasteiger partial charge is 0.293 e. The second-order valence-corrected chi connectivity index (χ2v) is 8.21. The lowest BCUT2D eigenvalue weighted by Gasteiger charge is -2.22. The molecule has 0 saturated carbocycles. The summed E-state index contributed by atoms with van der Waals surface area (Å²) >= 11 is 0. The van der Waals surface area contributed by atoms with Crippen LogP contribution >= 0.6 is 0 Å². The molecule has 0 aliphatic carbocycles. The zero-order valence-corrected chi connectivity index (χ0v) is 16.8. The van der Waals surface area contributed by atoms with E-state index in [1.54, 1.807) is 35.3 Å². The van der Waals surface area contributed by atoms with E-state index in [9.17, 15) is 4.79 Å². The summed E-state index contributed by atoms with van der Waals surface area (Å²) in [6.45, 7) is 7.10. The van der Waals surface area contributed by atoms with Crippen molar-refractivity contribution in [3.05, 3.63) is 71.4 Å². The van der Waals surface area contributed by atoms with Gasteiger partial charge in [0.05, 0.1) is 11.9 Å². The Labute approximate surface area is 169 Å². The monoisotopic (exact) mass is 388 g/mol. The molecular formula is C22H24N6O. The van der Waals surface area contributed by atoms with Gasteiger partial charge in [0, 0.05) is 36.1 Å². The van der Waals surface area contributed by atoms with Crippen molar-refractivity contribution in [1.29, 1.82) is 0 Å². The van der Waals surface area contributed by atoms with Gasteiger partial charge in [-0.3, -0.25) is 19.4 Å². The molecule has 1 aromatic carbocycles. The Morgan fingerprint density at radius 1 is 1.03 bits per heavy atom. The average molecular weight is 388 g/mol. The van der Waals surface area contributed by atoms with E-state index >= 15 is 0 Å². The molecule has 7 nitrogen and oxygen atoms in total. The summed E-state index contributed by atoms with van der Waals surface area (Å²) in [6.07, 6.45) is 6.15. The first-order valence-electron chi connectivity index (χ1n) is 9.63. The zero-order valence-electron chi connectivity index (χ0n) is 16.8. The molecule has 29 heavy (non-hydrogen) atoms. The highest BCUT2D eigenvalue weighted by molar-refractivity contribution is 5.78. The number of pyridine rings is 1. The number of aromatic amines is 1. The lowest BCUT2D eigenvalue weighted by molar-refractivity contribution is 0.350. The number of fused-ring (bicyclic) bond motifs is 1. The minimum atomic E-state index is -0.0547. The van der Waals surface area contributed by atoms with Crippen molar-refractivity contribution in [2.75, 3.05) is 4.90 Å². The van der Waals surface area contributed by atoms with E-state index in [2.05, 4.69) is 36.0 Å². The number of rotatable bonds is 5. The normalized spacial score (nSPS) is 11.7. The Hall–Kier alpha value is -3.48. The van der Waals surface area contributed by atoms with Crippen LogP contribution in [0.5, 0.6) is 0 Å². The molecule has 0 radical (unpaired) electrons. The molecule has 0 saturated heterocycles. The van der Waals surface area contributed by atoms with Crippen LogP contribution in [-0.4, -0.2) is 24.7 Å². The molecule has 0 aliphatic rings. The van der Waals surface area contributed by atoms with Gasteiger partial charge >= 0.3 is 0 Å². The van der Waals surface area contributed by atoms with Gasteiger partial charge < -0.3 is 0 Å². The van der Waals surface area contributed by atoms with E-state index in [4.69, 9.17) is 4.98 Å². The molecule has 1 N–H and O–H groups in total. The molecule has 0 aliphatic heterocycles. The third kappa shape index (κ3) is 4.03. The predicted molar refractivity (Wildman–Crippen MR) is 115 cm³/mol. The van der Waals surface area contributed by atoms with Crippen LogP contribution in [0.1, 0.15) is 27.2 Å². The van der Waals surface area contributed by atoms with Crippen LogP contribution in [0.25, 0.3) is 11.0 Å². The van der Waals surface area contributed by atoms with Crippen molar-refractivity contribution >= 4 is 28.4 Å². The maximum Gasteiger partial charge on any atom is 0.252 e. The van der Waals surface area contributed by atoms with Crippen LogP contribution in [-0.2, 0) is 6.54 Å². The maximum atomic E-state index is 12.6. The molecule has 0 fully saturated rings. The predicted octanol–water partition coefficient (Wildman–Crippen LogP) is 4.42. The fourth-order valence-corrected chi connectivity index (χ4v) is 3.16. The molecular weight excluding hydrogens is 364 g/mol. The standard InChI is InChI=1S/C22H24N6O/c1-22(2,3)11-12-27-19(29)10-9-16-13-23-21(26-20(16)27)28(18-14-24-25-15-18)17-7-5-4-6-8-17/h4-10,13-15H,11-12H2,1-3H3,(H,24,25). The highest BCUT2D eigenvalue weighted by Crippen LogP contribution is 2.31. The van der Waals surface area contributed by atoms with Gasteiger partial charge in [-0.2, -0.15) is 10.1 Å². The maximum absolute atomic E-state index is 12.6. The summed E-state index contributed by atoms with van der Waals surface area (Å²) in [5.41, 5.74) is 2.42. The molecule has 0 bridgehead atoms. The van der Waals surface area contributed by atoms with E-state index in [1.165, 1.54) is 0 Å². The van der Waals surface area contributed by atoms with Crippen LogP contribution in [0, 0.1) is 5.41 Å². The summed E-state index contributed by atoms with van der Waals surface area (Å²) < 4.78 is 1.74. The smallest absolute Gasteiger partial charge is 0.252 e. The zero-order chi connectivity index (χ0) is 20.4. The Kier molecular flexibility index (Phi) is 4.88. The van der Waals surface area contributed by atoms with Gasteiger partial charge in [-0.05, 0) is 30.0 Å². The second kappa shape index (κ2) is 7.50. The van der Waals surface area contributed by atoms with Gasteiger partial charge in [0.2, 0.25) is 5.95 Å². The summed E-state index contributed by atoms with van der Waals surface area (Å²) in [5, 5.41) is 7.74. The third-order valence-corrected chi connectivity index (χ3v) is 4.75. The number of hydrogen-bond donors (Lipinski definition) is 1. The van der Waals surface area contributed by atoms with E-state index in [0.717, 1.165) is 23.2 Å². The average Bonchev–Trinajstić information content (AvgIpc) is 3.22. The van der Waals surface area contributed by atoms with Crippen LogP contribution in [0.2, 0.25) is 0 Å². The van der Waals surface area contributed by atoms with Gasteiger partial charge in [-0.15, -0.1) is 0 Å². The molecule has 0 unspecified atom stereocenters. The number of nitrogens with one attached hydrogen (secondary N) is 1. The van der Waals surface area contributed by atoms with Crippen molar-refractivity contribution in [2.24, 2.45) is 5.41 Å². The number of H-pyrrole nitrogens is 1. The molecule has 3 heterocycles. The van der Waals surface area contributed by atoms with Crippen molar-refractivity contribution in [2.45, 2.75) is 33.7 Å². The van der Waals surface area contributed by atoms with Gasteiger partial charge in [-0.25, -0.2) is 4.98 Å². The van der Waals surface area contributed by atoms with Crippen molar-refractivity contribution in [3.63, 3.8) is 0 Å². The number of aromatic nitrogens is 5. The van der Waals surface area contributed by atoms with E-state index in [0.29, 0.717) is 18.1 Å². The Morgan fingerprint density at radius 3 is 2.52 bits per heavy atom. The molecule has 4 rings (SSSR count). The van der Waals surface area contributed by atoms with Gasteiger partial charge in [-0.1, -0.05) is 39.0 Å². The van der Waals surface area contributed by atoms with Gasteiger partial charge in [0.25, 0.3) is 5.56 Å². The number of anilines is 3. The van der Waals surface area contributed by atoms with Crippen molar-refractivity contribution in [1.82, 2.24) is 24.7 Å².